The zero-order chi connectivity index (χ0) is 104. The SMILES string of the molecule is CC(C)(C)c1ccc([S+](c2ccc(OC(=O)C3CCOC3=O)cc2)c2ccc(C(C)(C)C)cc2)cc1.Cc1ccc([S+](c2ccc(C)cc2)c2ccc(OC(=O)C3CCOC3=O)cc2)cc1.Cc1ccc([S+](c2ccc(C)cc2)c2ccc(OC3COC(=O)C3)cc2)cc1.O=C1CC(Oc2ccc([S+](c3ccccc3)c3ccccc3)cc2)CO1.O=C1OCCC1C(=O)Oc1ccc([S+](c2ccccc2)c2ccccc2)cc1. The number of esters is 8. The molecule has 0 radical (unpaired) electrons. The van der Waals surface area contributed by atoms with E-state index >= 15 is 0 Å². The maximum absolute atomic E-state index is 12.4. The van der Waals surface area contributed by atoms with E-state index in [0.29, 0.717) is 62.6 Å². The third-order valence-electron chi connectivity index (χ3n) is 24.7. The summed E-state index contributed by atoms with van der Waals surface area (Å²) in [6, 6.07) is 133. The number of ether oxygens (including phenoxy) is 10. The van der Waals surface area contributed by atoms with Crippen LogP contribution in [0, 0.1) is 45.4 Å². The van der Waals surface area contributed by atoms with Crippen LogP contribution in [0.3, 0.4) is 0 Å². The average molecular weight is 2070 g/mol. The van der Waals surface area contributed by atoms with Crippen molar-refractivity contribution in [2.24, 2.45) is 17.8 Å². The minimum Gasteiger partial charge on any atom is -0.486 e. The Bertz CT molecular complexity index is 6760. The molecule has 5 unspecified atom stereocenters. The Morgan fingerprint density at radius 2 is 0.419 bits per heavy atom. The van der Waals surface area contributed by atoms with Crippen LogP contribution in [-0.4, -0.2) is 93.0 Å². The number of aryl methyl sites for hydroxylation is 4. The van der Waals surface area contributed by atoms with Gasteiger partial charge in [-0.05, 0) is 292 Å². The molecule has 5 aliphatic heterocycles. The molecular formula is C125H119O18S5+5. The molecule has 15 aromatic carbocycles. The van der Waals surface area contributed by atoms with Gasteiger partial charge in [-0.2, -0.15) is 0 Å². The van der Waals surface area contributed by atoms with Crippen molar-refractivity contribution in [3.8, 4) is 28.7 Å². The highest BCUT2D eigenvalue weighted by molar-refractivity contribution is 7.98. The van der Waals surface area contributed by atoms with Crippen molar-refractivity contribution in [2.75, 3.05) is 33.0 Å². The standard InChI is InChI=1S/C31H35O4S.C25H23O4S.C24H23O3S.C23H19O4S.C22H19O3S/c1-30(2,3)21-7-13-24(14-8-21)36(25-15-9-22(10-16-25)31(4,5)6)26-17-11-23(12-18-26)35-29(33)27-19-20-34-28(27)32;1-17-3-9-20(10-4-17)30(21-11-5-18(2)6-12-21)22-13-7-19(8-14-22)29-25(27)23-15-16-28-24(23)26;1-17-3-9-21(10-4-17)28(22-11-5-18(2)6-12-22)23-13-7-19(8-14-23)27-20-15-24(25)26-16-20;24-22-21(15-16-26-22)23(25)27-17-11-13-20(14-12-17)28(18-7-3-1-4-8-18)19-9-5-2-6-10-19;23-22-15-18(16-24-22)25-17-11-13-21(14-12-17)26(19-7-3-1-4-8-19)20-9-5-2-6-10-20/h7-18,27H,19-20H2,1-6H3;3-14,23H,15-16H2,1-2H3;3-14,20H,15-16H2,1-2H3;1-14,21H,15-16H2;1-14,18H,15-16H2/q5*+1. The fourth-order valence-electron chi connectivity index (χ4n) is 16.6. The first-order chi connectivity index (χ1) is 71.5. The summed E-state index contributed by atoms with van der Waals surface area (Å²) in [6.45, 7) is 23.2. The van der Waals surface area contributed by atoms with Crippen molar-refractivity contribution < 1.29 is 85.7 Å². The van der Waals surface area contributed by atoms with Gasteiger partial charge in [0.2, 0.25) is 0 Å². The number of carbonyl (C=O) groups excluding carboxylic acids is 8. The molecule has 0 N–H and O–H groups in total. The van der Waals surface area contributed by atoms with Gasteiger partial charge in [0.1, 0.15) is 54.2 Å². The molecule has 0 bridgehead atoms. The molecule has 5 atom stereocenters. The van der Waals surface area contributed by atoms with E-state index in [0.717, 1.165) is 26.2 Å². The number of benzene rings is 15. The van der Waals surface area contributed by atoms with E-state index in [4.69, 9.17) is 47.4 Å². The summed E-state index contributed by atoms with van der Waals surface area (Å²) in [7, 11) is -1.21. The van der Waals surface area contributed by atoms with Gasteiger partial charge in [0.15, 0.2) is 91.2 Å². The molecule has 23 heteroatoms. The van der Waals surface area contributed by atoms with E-state index in [-0.39, 0.29) is 109 Å². The maximum atomic E-state index is 12.4. The van der Waals surface area contributed by atoms with Crippen LogP contribution in [0.15, 0.2) is 462 Å². The first-order valence-electron chi connectivity index (χ1n) is 49.2. The predicted molar refractivity (Wildman–Crippen MR) is 578 cm³/mol. The molecule has 20 rings (SSSR count). The molecule has 18 nitrogen and oxygen atoms in total. The van der Waals surface area contributed by atoms with E-state index in [9.17, 15) is 38.4 Å². The third-order valence-corrected chi connectivity index (χ3v) is 35.9. The number of hydrogen-bond donors (Lipinski definition) is 0. The molecule has 0 saturated carbocycles. The molecule has 148 heavy (non-hydrogen) atoms. The van der Waals surface area contributed by atoms with Gasteiger partial charge in [0.25, 0.3) is 0 Å². The molecule has 5 saturated heterocycles. The Hall–Kier alpha value is -14.6. The van der Waals surface area contributed by atoms with Gasteiger partial charge < -0.3 is 47.4 Å². The van der Waals surface area contributed by atoms with Crippen molar-refractivity contribution in [1.82, 2.24) is 0 Å². The minimum absolute atomic E-state index is 0.0861. The fourth-order valence-corrected chi connectivity index (χ4v) is 26.9. The summed E-state index contributed by atoms with van der Waals surface area (Å²) in [5, 5.41) is 0. The number of rotatable bonds is 25. The number of cyclic esters (lactones) is 5. The van der Waals surface area contributed by atoms with Crippen LogP contribution in [0.25, 0.3) is 0 Å². The van der Waals surface area contributed by atoms with E-state index in [1.54, 1.807) is 36.4 Å². The van der Waals surface area contributed by atoms with Crippen LogP contribution in [-0.2, 0) is 127 Å². The smallest absolute Gasteiger partial charge is 0.325 e. The Labute approximate surface area is 880 Å². The Balaban J connectivity index is 0.000000133. The second-order valence-electron chi connectivity index (χ2n) is 38.0. The fraction of sp³-hybridized carbons (Fsp3) is 0.216. The highest BCUT2D eigenvalue weighted by atomic mass is 32.2. The predicted octanol–water partition coefficient (Wildman–Crippen LogP) is 25.5. The van der Waals surface area contributed by atoms with Crippen molar-refractivity contribution in [1.29, 1.82) is 0 Å². The van der Waals surface area contributed by atoms with Gasteiger partial charge in [0, 0.05) is 19.3 Å². The molecule has 0 aliphatic carbocycles. The lowest BCUT2D eigenvalue weighted by Gasteiger charge is -2.20. The van der Waals surface area contributed by atoms with Gasteiger partial charge in [-0.25, -0.2) is 0 Å². The van der Waals surface area contributed by atoms with E-state index in [1.165, 1.54) is 92.1 Å². The molecule has 0 amide bonds. The second-order valence-corrected chi connectivity index (χ2v) is 48.1. The molecule has 5 fully saturated rings. The molecule has 0 spiro atoms. The van der Waals surface area contributed by atoms with E-state index in [1.807, 2.05) is 109 Å². The summed E-state index contributed by atoms with van der Waals surface area (Å²) < 4.78 is 52.5. The van der Waals surface area contributed by atoms with Crippen molar-refractivity contribution in [2.45, 2.75) is 198 Å². The quantitative estimate of drug-likeness (QED) is 0.0170. The first-order valence-corrected chi connectivity index (χ1v) is 55.4. The lowest BCUT2D eigenvalue weighted by molar-refractivity contribution is -0.152. The number of hydrogen-bond acceptors (Lipinski definition) is 18. The van der Waals surface area contributed by atoms with Crippen LogP contribution in [0.4, 0.5) is 0 Å². The molecule has 5 aliphatic rings. The summed E-state index contributed by atoms with van der Waals surface area (Å²) in [5.41, 5.74) is 7.72. The lowest BCUT2D eigenvalue weighted by Crippen LogP contribution is -2.24. The normalized spacial score (nSPS) is 16.2. The molecular weight excluding hydrogens is 1950 g/mol. The zero-order valence-electron chi connectivity index (χ0n) is 84.3. The van der Waals surface area contributed by atoms with Crippen LogP contribution in [0.5, 0.6) is 28.7 Å². The monoisotopic (exact) mass is 2070 g/mol. The van der Waals surface area contributed by atoms with Crippen LogP contribution < -0.4 is 23.7 Å². The van der Waals surface area contributed by atoms with Gasteiger partial charge in [0.05, 0.1) is 87.1 Å². The zero-order valence-corrected chi connectivity index (χ0v) is 88.4. The number of carbonyl (C=O) groups is 8. The lowest BCUT2D eigenvalue weighted by atomic mass is 9.87. The Morgan fingerprint density at radius 3 is 0.595 bits per heavy atom. The van der Waals surface area contributed by atoms with Gasteiger partial charge >= 0.3 is 47.8 Å². The third kappa shape index (κ3) is 28.6. The summed E-state index contributed by atoms with van der Waals surface area (Å²) in [6.07, 6.45) is 1.38. The summed E-state index contributed by atoms with van der Waals surface area (Å²) in [5.74, 6) is -3.21. The van der Waals surface area contributed by atoms with Crippen molar-refractivity contribution in [3.05, 3.63) is 422 Å². The Kier molecular flexibility index (Phi) is 36.0. The van der Waals surface area contributed by atoms with Crippen molar-refractivity contribution >= 4 is 102 Å². The molecule has 5 heterocycles. The first kappa shape index (κ1) is 106. The second kappa shape index (κ2) is 50.2. The van der Waals surface area contributed by atoms with E-state index in [2.05, 4.69) is 312 Å². The average Bonchev–Trinajstić information content (AvgIpc) is 1.23. The van der Waals surface area contributed by atoms with Crippen LogP contribution >= 0.6 is 0 Å². The van der Waals surface area contributed by atoms with Crippen molar-refractivity contribution in [3.63, 3.8) is 0 Å². The minimum atomic E-state index is -0.832. The van der Waals surface area contributed by atoms with Gasteiger partial charge in [-0.1, -0.05) is 209 Å². The topological polar surface area (TPSA) is 229 Å². The van der Waals surface area contributed by atoms with Crippen LogP contribution in [0.1, 0.15) is 107 Å². The summed E-state index contributed by atoms with van der Waals surface area (Å²) >= 11 is 0. The van der Waals surface area contributed by atoms with E-state index < -0.39 is 53.6 Å². The van der Waals surface area contributed by atoms with Crippen LogP contribution in [0.2, 0.25) is 0 Å². The maximum Gasteiger partial charge on any atom is 0.325 e. The van der Waals surface area contributed by atoms with Gasteiger partial charge in [-0.15, -0.1) is 0 Å². The van der Waals surface area contributed by atoms with Gasteiger partial charge in [-0.3, -0.25) is 38.4 Å². The largest absolute Gasteiger partial charge is 0.486 e. The molecule has 0 aromatic heterocycles. The highest BCUT2D eigenvalue weighted by Gasteiger charge is 2.41. The molecule has 752 valence electrons. The highest BCUT2D eigenvalue weighted by Crippen LogP contribution is 2.42. The molecule has 15 aromatic rings. The Morgan fingerprint density at radius 1 is 0.236 bits per heavy atom. The summed E-state index contributed by atoms with van der Waals surface area (Å²) in [4.78, 5) is 112.